The van der Waals surface area contributed by atoms with Crippen molar-refractivity contribution in [2.24, 2.45) is 0 Å². The van der Waals surface area contributed by atoms with Crippen LogP contribution < -0.4 is 19.7 Å². The number of methoxy groups -OCH3 is 1. The van der Waals surface area contributed by atoms with Crippen molar-refractivity contribution in [1.29, 1.82) is 0 Å². The summed E-state index contributed by atoms with van der Waals surface area (Å²) in [6, 6.07) is 16.1. The number of thioether (sulfide) groups is 1. The van der Waals surface area contributed by atoms with E-state index in [9.17, 15) is 9.59 Å². The van der Waals surface area contributed by atoms with E-state index in [-0.39, 0.29) is 23.8 Å². The van der Waals surface area contributed by atoms with Crippen LogP contribution in [0.1, 0.15) is 16.5 Å². The average molecular weight is 596 g/mol. The molecule has 1 N–H and O–H groups in total. The van der Waals surface area contributed by atoms with Gasteiger partial charge in [-0.1, -0.05) is 29.3 Å². The van der Waals surface area contributed by atoms with Crippen LogP contribution >= 0.6 is 50.9 Å². The highest BCUT2D eigenvalue weighted by Gasteiger charge is 2.35. The molecule has 3 aromatic rings. The Hall–Kier alpha value is -2.39. The predicted molar refractivity (Wildman–Crippen MR) is 145 cm³/mol. The van der Waals surface area contributed by atoms with E-state index in [1.807, 2.05) is 37.3 Å². The van der Waals surface area contributed by atoms with Gasteiger partial charge in [-0.25, -0.2) is 0 Å². The lowest BCUT2D eigenvalue weighted by molar-refractivity contribution is -0.118. The van der Waals surface area contributed by atoms with E-state index in [1.165, 1.54) is 18.9 Å². The molecule has 0 radical (unpaired) electrons. The number of hydrogen-bond donors (Lipinski definition) is 1. The van der Waals surface area contributed by atoms with Crippen LogP contribution in [0, 0.1) is 6.92 Å². The molecule has 1 fully saturated rings. The summed E-state index contributed by atoms with van der Waals surface area (Å²) in [6.07, 6.45) is 0. The number of aryl methyl sites for hydroxylation is 1. The standard InChI is InChI=1S/C25H21BrCl2N2O4S/c1-14-3-6-17(11-20(14)28)29-22(31)12-34-24-19(26)9-15(10-21(24)33-2)25-30(23(32)13-35-25)18-7-4-16(27)5-8-18/h3-11,25H,12-13H2,1-2H3,(H,29,31)/t25-/m1/s1. The van der Waals surface area contributed by atoms with E-state index < -0.39 is 0 Å². The third kappa shape index (κ3) is 5.89. The monoisotopic (exact) mass is 594 g/mol. The Balaban J connectivity index is 1.51. The number of nitrogens with one attached hydrogen (secondary N) is 1. The summed E-state index contributed by atoms with van der Waals surface area (Å²) >= 11 is 17.2. The van der Waals surface area contributed by atoms with Crippen molar-refractivity contribution in [1.82, 2.24) is 0 Å². The zero-order valence-electron chi connectivity index (χ0n) is 18.8. The molecular weight excluding hydrogens is 575 g/mol. The van der Waals surface area contributed by atoms with Gasteiger partial charge in [-0.15, -0.1) is 11.8 Å². The highest BCUT2D eigenvalue weighted by atomic mass is 79.9. The smallest absolute Gasteiger partial charge is 0.262 e. The van der Waals surface area contributed by atoms with Crippen LogP contribution in [0.4, 0.5) is 11.4 Å². The van der Waals surface area contributed by atoms with Gasteiger partial charge in [0.25, 0.3) is 5.91 Å². The maximum Gasteiger partial charge on any atom is 0.262 e. The Morgan fingerprint density at radius 1 is 1.17 bits per heavy atom. The zero-order valence-corrected chi connectivity index (χ0v) is 22.7. The molecule has 0 aliphatic carbocycles. The van der Waals surface area contributed by atoms with Gasteiger partial charge in [-0.3, -0.25) is 14.5 Å². The first-order valence-corrected chi connectivity index (χ1v) is 13.1. The second-order valence-electron chi connectivity index (χ2n) is 7.74. The summed E-state index contributed by atoms with van der Waals surface area (Å²) in [7, 11) is 1.52. The van der Waals surface area contributed by atoms with Crippen LogP contribution in [0.5, 0.6) is 11.5 Å². The Morgan fingerprint density at radius 3 is 2.60 bits per heavy atom. The van der Waals surface area contributed by atoms with Crippen LogP contribution in [-0.4, -0.2) is 31.3 Å². The van der Waals surface area contributed by atoms with Gasteiger partial charge in [0, 0.05) is 21.4 Å². The van der Waals surface area contributed by atoms with Crippen LogP contribution in [0.2, 0.25) is 10.0 Å². The zero-order chi connectivity index (χ0) is 25.1. The molecule has 10 heteroatoms. The van der Waals surface area contributed by atoms with Crippen LogP contribution in [-0.2, 0) is 9.59 Å². The maximum atomic E-state index is 12.7. The minimum atomic E-state index is -0.339. The van der Waals surface area contributed by atoms with E-state index in [0.29, 0.717) is 37.5 Å². The summed E-state index contributed by atoms with van der Waals surface area (Å²) in [5.74, 6) is 0.853. The van der Waals surface area contributed by atoms with Gasteiger partial charge in [0.2, 0.25) is 5.91 Å². The highest BCUT2D eigenvalue weighted by molar-refractivity contribution is 9.10. The van der Waals surface area contributed by atoms with Crippen LogP contribution in [0.3, 0.4) is 0 Å². The largest absolute Gasteiger partial charge is 0.493 e. The lowest BCUT2D eigenvalue weighted by atomic mass is 10.1. The average Bonchev–Trinajstić information content (AvgIpc) is 3.22. The third-order valence-electron chi connectivity index (χ3n) is 5.31. The van der Waals surface area contributed by atoms with Crippen molar-refractivity contribution in [3.05, 3.63) is 80.2 Å². The highest BCUT2D eigenvalue weighted by Crippen LogP contribution is 2.46. The van der Waals surface area contributed by atoms with Crippen molar-refractivity contribution in [3.63, 3.8) is 0 Å². The maximum absolute atomic E-state index is 12.7. The quantitative estimate of drug-likeness (QED) is 0.323. The summed E-state index contributed by atoms with van der Waals surface area (Å²) in [5, 5.41) is 3.68. The van der Waals surface area contributed by atoms with E-state index in [0.717, 1.165) is 16.8 Å². The molecule has 3 aromatic carbocycles. The normalized spacial score (nSPS) is 15.3. The number of anilines is 2. The first-order valence-electron chi connectivity index (χ1n) is 10.5. The third-order valence-corrected chi connectivity index (χ3v) is 7.77. The Labute approximate surface area is 226 Å². The number of carbonyl (C=O) groups excluding carboxylic acids is 2. The summed E-state index contributed by atoms with van der Waals surface area (Å²) in [5.41, 5.74) is 3.12. The molecule has 182 valence electrons. The molecule has 6 nitrogen and oxygen atoms in total. The van der Waals surface area contributed by atoms with Crippen molar-refractivity contribution in [3.8, 4) is 11.5 Å². The molecule has 1 heterocycles. The number of carbonyl (C=O) groups is 2. The van der Waals surface area contributed by atoms with Crippen LogP contribution in [0.25, 0.3) is 0 Å². The lowest BCUT2D eigenvalue weighted by Gasteiger charge is -2.25. The molecule has 0 spiro atoms. The SMILES string of the molecule is COc1cc([C@H]2SCC(=O)N2c2ccc(Cl)cc2)cc(Br)c1OCC(=O)Nc1ccc(C)c(Cl)c1. The second-order valence-corrected chi connectivity index (χ2v) is 10.5. The Kier molecular flexibility index (Phi) is 8.16. The number of ether oxygens (including phenoxy) is 2. The van der Waals surface area contributed by atoms with Crippen molar-refractivity contribution < 1.29 is 19.1 Å². The predicted octanol–water partition coefficient (Wildman–Crippen LogP) is 6.87. The molecule has 1 atom stereocenters. The molecule has 0 saturated carbocycles. The van der Waals surface area contributed by atoms with E-state index in [2.05, 4.69) is 21.2 Å². The Bertz CT molecular complexity index is 1270. The van der Waals surface area contributed by atoms with E-state index in [4.69, 9.17) is 32.7 Å². The number of nitrogens with zero attached hydrogens (tertiary/aromatic N) is 1. The number of halogens is 3. The van der Waals surface area contributed by atoms with Gasteiger partial charge in [-0.05, 0) is 82.5 Å². The molecule has 35 heavy (non-hydrogen) atoms. The van der Waals surface area contributed by atoms with Gasteiger partial charge >= 0.3 is 0 Å². The molecule has 1 aliphatic rings. The van der Waals surface area contributed by atoms with Crippen molar-refractivity contribution in [2.45, 2.75) is 12.3 Å². The minimum absolute atomic E-state index is 0.00520. The molecule has 4 rings (SSSR count). The van der Waals surface area contributed by atoms with Gasteiger partial charge in [0.15, 0.2) is 18.1 Å². The molecular formula is C25H21BrCl2N2O4S. The first kappa shape index (κ1) is 25.7. The fourth-order valence-corrected chi connectivity index (χ4v) is 5.62. The van der Waals surface area contributed by atoms with E-state index >= 15 is 0 Å². The minimum Gasteiger partial charge on any atom is -0.493 e. The second kappa shape index (κ2) is 11.1. The van der Waals surface area contributed by atoms with Gasteiger partial charge in [-0.2, -0.15) is 0 Å². The fourth-order valence-electron chi connectivity index (χ4n) is 3.58. The summed E-state index contributed by atoms with van der Waals surface area (Å²) in [4.78, 5) is 26.8. The topological polar surface area (TPSA) is 67.9 Å². The van der Waals surface area contributed by atoms with E-state index in [1.54, 1.807) is 29.2 Å². The van der Waals surface area contributed by atoms with Crippen LogP contribution in [0.15, 0.2) is 59.1 Å². The number of benzene rings is 3. The lowest BCUT2D eigenvalue weighted by Crippen LogP contribution is -2.27. The van der Waals surface area contributed by atoms with Crippen molar-refractivity contribution >= 4 is 74.1 Å². The number of hydrogen-bond acceptors (Lipinski definition) is 5. The number of rotatable bonds is 7. The molecule has 0 aromatic heterocycles. The number of amides is 2. The summed E-state index contributed by atoms with van der Waals surface area (Å²) < 4.78 is 12.0. The summed E-state index contributed by atoms with van der Waals surface area (Å²) in [6.45, 7) is 1.66. The molecule has 0 unspecified atom stereocenters. The molecule has 1 saturated heterocycles. The molecule has 2 amide bonds. The van der Waals surface area contributed by atoms with Gasteiger partial charge in [0.1, 0.15) is 5.37 Å². The van der Waals surface area contributed by atoms with Gasteiger partial charge in [0.05, 0.1) is 17.3 Å². The Morgan fingerprint density at radius 2 is 1.91 bits per heavy atom. The van der Waals surface area contributed by atoms with Gasteiger partial charge < -0.3 is 14.8 Å². The first-order chi connectivity index (χ1) is 16.8. The van der Waals surface area contributed by atoms with Crippen molar-refractivity contribution in [2.75, 3.05) is 29.7 Å². The fraction of sp³-hybridized carbons (Fsp3) is 0.200. The molecule has 0 bridgehead atoms. The molecule has 1 aliphatic heterocycles.